The summed E-state index contributed by atoms with van der Waals surface area (Å²) in [5, 5.41) is 7.34. The number of amides is 3. The van der Waals surface area contributed by atoms with E-state index in [0.717, 1.165) is 16.8 Å². The average molecular weight is 552 g/mol. The summed E-state index contributed by atoms with van der Waals surface area (Å²) in [5.41, 5.74) is 3.80. The summed E-state index contributed by atoms with van der Waals surface area (Å²) in [6, 6.07) is 17.0. The van der Waals surface area contributed by atoms with Gasteiger partial charge in [-0.05, 0) is 37.9 Å². The molecule has 0 spiro atoms. The van der Waals surface area contributed by atoms with Crippen LogP contribution in [-0.2, 0) is 24.9 Å². The average Bonchev–Trinajstić information content (AvgIpc) is 3.37. The van der Waals surface area contributed by atoms with Crippen LogP contribution in [-0.4, -0.2) is 69.2 Å². The standard InChI is InChI=1S/C30H33N9O2/c1-35(2)15-9-14-27(40)37(4)25-12-8-13-26(16-25)39-28-23(17-31-29(34-28)33-24-18-32-36(3)21-24)20-38(30(39)41)19-22-10-6-5-7-11-22/h5-14,16-18,21H,15,19-20H2,1-4H3,(H,31,33,34)/b14-9+. The number of anilines is 5. The van der Waals surface area contributed by atoms with Gasteiger partial charge in [0.1, 0.15) is 0 Å². The van der Waals surface area contributed by atoms with Gasteiger partial charge in [0.25, 0.3) is 0 Å². The third-order valence-electron chi connectivity index (χ3n) is 6.59. The molecule has 0 fully saturated rings. The van der Waals surface area contributed by atoms with E-state index in [4.69, 9.17) is 4.98 Å². The van der Waals surface area contributed by atoms with Gasteiger partial charge in [-0.3, -0.25) is 9.48 Å². The van der Waals surface area contributed by atoms with Gasteiger partial charge in [-0.25, -0.2) is 14.7 Å². The number of aryl methyl sites for hydroxylation is 1. The van der Waals surface area contributed by atoms with Crippen molar-refractivity contribution in [1.29, 1.82) is 0 Å². The predicted molar refractivity (Wildman–Crippen MR) is 159 cm³/mol. The molecule has 0 bridgehead atoms. The molecule has 41 heavy (non-hydrogen) atoms. The highest BCUT2D eigenvalue weighted by Crippen LogP contribution is 2.36. The number of hydrogen-bond acceptors (Lipinski definition) is 7. The highest BCUT2D eigenvalue weighted by molar-refractivity contribution is 6.04. The van der Waals surface area contributed by atoms with E-state index in [-0.39, 0.29) is 11.9 Å². The minimum absolute atomic E-state index is 0.162. The number of fused-ring (bicyclic) bond motifs is 1. The van der Waals surface area contributed by atoms with Crippen molar-refractivity contribution >= 4 is 40.8 Å². The minimum Gasteiger partial charge on any atom is -0.321 e. The molecule has 0 saturated carbocycles. The first-order valence-corrected chi connectivity index (χ1v) is 13.2. The lowest BCUT2D eigenvalue weighted by Crippen LogP contribution is -2.45. The van der Waals surface area contributed by atoms with E-state index >= 15 is 0 Å². The van der Waals surface area contributed by atoms with Crippen LogP contribution in [0.1, 0.15) is 11.1 Å². The lowest BCUT2D eigenvalue weighted by atomic mass is 10.1. The van der Waals surface area contributed by atoms with Crippen LogP contribution in [0.3, 0.4) is 0 Å². The molecule has 0 aliphatic carbocycles. The van der Waals surface area contributed by atoms with Gasteiger partial charge in [-0.15, -0.1) is 0 Å². The molecule has 210 valence electrons. The zero-order valence-corrected chi connectivity index (χ0v) is 23.6. The van der Waals surface area contributed by atoms with Crippen molar-refractivity contribution in [1.82, 2.24) is 29.5 Å². The molecule has 0 saturated heterocycles. The zero-order valence-electron chi connectivity index (χ0n) is 23.6. The van der Waals surface area contributed by atoms with E-state index in [2.05, 4.69) is 15.4 Å². The molecule has 11 nitrogen and oxygen atoms in total. The molecule has 3 amide bonds. The molecular formula is C30H33N9O2. The quantitative estimate of drug-likeness (QED) is 0.309. The number of carbonyl (C=O) groups excluding carboxylic acids is 2. The van der Waals surface area contributed by atoms with Crippen molar-refractivity contribution in [3.05, 3.63) is 96.5 Å². The Morgan fingerprint density at radius 3 is 2.61 bits per heavy atom. The Morgan fingerprint density at radius 1 is 1.07 bits per heavy atom. The summed E-state index contributed by atoms with van der Waals surface area (Å²) < 4.78 is 1.68. The van der Waals surface area contributed by atoms with Gasteiger partial charge in [-0.1, -0.05) is 42.5 Å². The first kappa shape index (κ1) is 27.5. The summed E-state index contributed by atoms with van der Waals surface area (Å²) in [6.45, 7) is 1.45. The maximum absolute atomic E-state index is 14.0. The molecule has 5 rings (SSSR count). The van der Waals surface area contributed by atoms with Gasteiger partial charge in [0.15, 0.2) is 5.82 Å². The van der Waals surface area contributed by atoms with Crippen molar-refractivity contribution in [3.63, 3.8) is 0 Å². The molecule has 0 unspecified atom stereocenters. The Bertz CT molecular complexity index is 1570. The molecule has 3 heterocycles. The second-order valence-electron chi connectivity index (χ2n) is 10.1. The monoisotopic (exact) mass is 551 g/mol. The summed E-state index contributed by atoms with van der Waals surface area (Å²) in [6.07, 6.45) is 8.61. The van der Waals surface area contributed by atoms with Gasteiger partial charge in [-0.2, -0.15) is 10.1 Å². The third-order valence-corrected chi connectivity index (χ3v) is 6.59. The first-order chi connectivity index (χ1) is 19.8. The Balaban J connectivity index is 1.50. The van der Waals surface area contributed by atoms with E-state index < -0.39 is 0 Å². The van der Waals surface area contributed by atoms with Crippen LogP contribution >= 0.6 is 0 Å². The summed E-state index contributed by atoms with van der Waals surface area (Å²) in [5.74, 6) is 0.670. The Kier molecular flexibility index (Phi) is 8.06. The van der Waals surface area contributed by atoms with Gasteiger partial charge in [0, 0.05) is 56.9 Å². The van der Waals surface area contributed by atoms with Crippen LogP contribution in [0.25, 0.3) is 0 Å². The molecule has 2 aromatic heterocycles. The van der Waals surface area contributed by atoms with Gasteiger partial charge < -0.3 is 20.0 Å². The molecule has 2 aromatic carbocycles. The molecular weight excluding hydrogens is 518 g/mol. The lowest BCUT2D eigenvalue weighted by molar-refractivity contribution is -0.113. The zero-order chi connectivity index (χ0) is 28.9. The Hall–Kier alpha value is -5.03. The van der Waals surface area contributed by atoms with E-state index in [0.29, 0.717) is 42.8 Å². The number of urea groups is 1. The van der Waals surface area contributed by atoms with Crippen LogP contribution in [0.4, 0.5) is 33.6 Å². The maximum Gasteiger partial charge on any atom is 0.330 e. The van der Waals surface area contributed by atoms with E-state index in [9.17, 15) is 9.59 Å². The van der Waals surface area contributed by atoms with E-state index in [1.165, 1.54) is 0 Å². The maximum atomic E-state index is 14.0. The van der Waals surface area contributed by atoms with Crippen LogP contribution in [0.5, 0.6) is 0 Å². The molecule has 1 aliphatic heterocycles. The lowest BCUT2D eigenvalue weighted by Gasteiger charge is -2.36. The summed E-state index contributed by atoms with van der Waals surface area (Å²) >= 11 is 0. The number of nitrogens with zero attached hydrogens (tertiary/aromatic N) is 8. The number of aromatic nitrogens is 4. The van der Waals surface area contributed by atoms with Crippen LogP contribution in [0.15, 0.2) is 85.3 Å². The van der Waals surface area contributed by atoms with Crippen LogP contribution in [0, 0.1) is 0 Å². The van der Waals surface area contributed by atoms with E-state index in [1.807, 2.05) is 92.9 Å². The SMILES string of the molecule is CN(C)C/C=C/C(=O)N(C)c1cccc(N2C(=O)N(Cc3ccccc3)Cc3cnc(Nc4cnn(C)c4)nc32)c1. The second-order valence-corrected chi connectivity index (χ2v) is 10.1. The Morgan fingerprint density at radius 2 is 1.88 bits per heavy atom. The number of carbonyl (C=O) groups is 2. The third kappa shape index (κ3) is 6.42. The summed E-state index contributed by atoms with van der Waals surface area (Å²) in [4.78, 5) is 43.0. The van der Waals surface area contributed by atoms with Gasteiger partial charge in [0.2, 0.25) is 11.9 Å². The van der Waals surface area contributed by atoms with Gasteiger partial charge in [0.05, 0.1) is 24.1 Å². The fraction of sp³-hybridized carbons (Fsp3) is 0.233. The van der Waals surface area contributed by atoms with Crippen LogP contribution in [0.2, 0.25) is 0 Å². The highest BCUT2D eigenvalue weighted by atomic mass is 16.2. The molecule has 4 aromatic rings. The molecule has 0 atom stereocenters. The second kappa shape index (κ2) is 12.0. The van der Waals surface area contributed by atoms with Crippen molar-refractivity contribution in [2.45, 2.75) is 13.1 Å². The molecule has 11 heteroatoms. The molecule has 1 aliphatic rings. The predicted octanol–water partition coefficient (Wildman–Crippen LogP) is 4.31. The number of rotatable bonds is 9. The van der Waals surface area contributed by atoms with E-state index in [1.54, 1.807) is 44.9 Å². The van der Waals surface area contributed by atoms with Crippen molar-refractivity contribution in [2.24, 2.45) is 7.05 Å². The van der Waals surface area contributed by atoms with Crippen molar-refractivity contribution in [2.75, 3.05) is 42.8 Å². The van der Waals surface area contributed by atoms with Gasteiger partial charge >= 0.3 is 6.03 Å². The fourth-order valence-electron chi connectivity index (χ4n) is 4.49. The number of likely N-dealkylation sites (N-methyl/N-ethyl adjacent to an activating group) is 2. The van der Waals surface area contributed by atoms with Crippen molar-refractivity contribution in [3.8, 4) is 0 Å². The topological polar surface area (TPSA) is 103 Å². The summed E-state index contributed by atoms with van der Waals surface area (Å²) in [7, 11) is 7.43. The van der Waals surface area contributed by atoms with Crippen LogP contribution < -0.4 is 15.1 Å². The Labute approximate surface area is 239 Å². The highest BCUT2D eigenvalue weighted by Gasteiger charge is 2.34. The normalized spacial score (nSPS) is 13.1. The minimum atomic E-state index is -0.218. The number of nitrogens with one attached hydrogen (secondary N) is 1. The largest absolute Gasteiger partial charge is 0.330 e. The first-order valence-electron chi connectivity index (χ1n) is 13.2. The molecule has 1 N–H and O–H groups in total. The molecule has 0 radical (unpaired) electrons. The smallest absolute Gasteiger partial charge is 0.321 e. The number of hydrogen-bond donors (Lipinski definition) is 1. The number of benzene rings is 2. The fourth-order valence-corrected chi connectivity index (χ4v) is 4.49. The van der Waals surface area contributed by atoms with Crippen molar-refractivity contribution < 1.29 is 9.59 Å².